The molecule has 0 bridgehead atoms. The summed E-state index contributed by atoms with van der Waals surface area (Å²) in [4.78, 5) is 0. The van der Waals surface area contributed by atoms with Crippen LogP contribution in [0.4, 0.5) is 0 Å². The van der Waals surface area contributed by atoms with Crippen molar-refractivity contribution < 1.29 is 0 Å². The summed E-state index contributed by atoms with van der Waals surface area (Å²) in [6.45, 7) is 0. The lowest BCUT2D eigenvalue weighted by Crippen LogP contribution is -1.99. The van der Waals surface area contributed by atoms with E-state index in [1.807, 2.05) is 0 Å². The van der Waals surface area contributed by atoms with Gasteiger partial charge in [0.1, 0.15) is 0 Å². The van der Waals surface area contributed by atoms with Gasteiger partial charge in [-0.1, -0.05) is 158 Å². The fourth-order valence-electron chi connectivity index (χ4n) is 10.2. The molecular formula is C60H39N3. The quantitative estimate of drug-likeness (QED) is 0.159. The van der Waals surface area contributed by atoms with Gasteiger partial charge in [0.2, 0.25) is 0 Å². The van der Waals surface area contributed by atoms with E-state index in [-0.39, 0.29) is 0 Å². The van der Waals surface area contributed by atoms with Gasteiger partial charge in [-0.05, 0) is 107 Å². The molecule has 0 aliphatic rings. The van der Waals surface area contributed by atoms with Crippen molar-refractivity contribution in [2.24, 2.45) is 0 Å². The highest BCUT2D eigenvalue weighted by Crippen LogP contribution is 2.40. The largest absolute Gasteiger partial charge is 0.309 e. The molecular weight excluding hydrogens is 763 g/mol. The molecule has 0 amide bonds. The van der Waals surface area contributed by atoms with Gasteiger partial charge in [-0.3, -0.25) is 0 Å². The number of fused-ring (bicyclic) bond motifs is 9. The van der Waals surface area contributed by atoms with Gasteiger partial charge in [0.05, 0.1) is 38.8 Å². The summed E-state index contributed by atoms with van der Waals surface area (Å²) in [5.41, 5.74) is 17.7. The molecule has 10 aromatic carbocycles. The first-order valence-corrected chi connectivity index (χ1v) is 21.7. The standard InChI is InChI=1S/C60H39N3/c1-7-22-54-47(16-1)48-17-2-8-23-55(48)61(54)45-33-28-40(29-34-45)42-14-13-15-43(38-42)44-32-37-60(63-58-26-11-5-20-51(58)52-21-6-12-27-59(52)63)53(39-44)41-30-35-46(36-31-41)62-56-24-9-3-18-49(56)50-19-4-10-25-57(50)62/h1-39H. The van der Waals surface area contributed by atoms with Gasteiger partial charge in [-0.15, -0.1) is 0 Å². The summed E-state index contributed by atoms with van der Waals surface area (Å²) in [5, 5.41) is 7.57. The Balaban J connectivity index is 0.938. The minimum absolute atomic E-state index is 1.14. The van der Waals surface area contributed by atoms with Crippen molar-refractivity contribution in [2.45, 2.75) is 0 Å². The molecule has 294 valence electrons. The molecule has 3 aromatic heterocycles. The second-order valence-corrected chi connectivity index (χ2v) is 16.5. The molecule has 0 N–H and O–H groups in total. The molecule has 0 radical (unpaired) electrons. The third-order valence-electron chi connectivity index (χ3n) is 13.1. The van der Waals surface area contributed by atoms with E-state index in [4.69, 9.17) is 0 Å². The molecule has 63 heavy (non-hydrogen) atoms. The zero-order chi connectivity index (χ0) is 41.4. The second-order valence-electron chi connectivity index (χ2n) is 16.5. The molecule has 0 saturated carbocycles. The first-order valence-electron chi connectivity index (χ1n) is 21.7. The molecule has 3 nitrogen and oxygen atoms in total. The van der Waals surface area contributed by atoms with E-state index in [0.29, 0.717) is 0 Å². The zero-order valence-electron chi connectivity index (χ0n) is 34.4. The van der Waals surface area contributed by atoms with Crippen LogP contribution in [0.1, 0.15) is 0 Å². The highest BCUT2D eigenvalue weighted by atomic mass is 15.0. The Bertz CT molecular complexity index is 3740. The summed E-state index contributed by atoms with van der Waals surface area (Å²) >= 11 is 0. The zero-order valence-corrected chi connectivity index (χ0v) is 34.4. The monoisotopic (exact) mass is 801 g/mol. The molecule has 0 fully saturated rings. The first-order chi connectivity index (χ1) is 31.3. The lowest BCUT2D eigenvalue weighted by atomic mass is 9.94. The van der Waals surface area contributed by atoms with Crippen molar-refractivity contribution in [3.63, 3.8) is 0 Å². The van der Waals surface area contributed by atoms with Gasteiger partial charge >= 0.3 is 0 Å². The summed E-state index contributed by atoms with van der Waals surface area (Å²) in [6.07, 6.45) is 0. The van der Waals surface area contributed by atoms with Crippen molar-refractivity contribution in [2.75, 3.05) is 0 Å². The molecule has 0 aliphatic carbocycles. The average Bonchev–Trinajstić information content (AvgIpc) is 4.00. The molecule has 0 atom stereocenters. The number of benzene rings is 10. The molecule has 3 heteroatoms. The summed E-state index contributed by atoms with van der Waals surface area (Å²) in [6, 6.07) is 86.5. The second kappa shape index (κ2) is 14.1. The molecule has 3 heterocycles. The van der Waals surface area contributed by atoms with Crippen molar-refractivity contribution in [3.8, 4) is 50.4 Å². The van der Waals surface area contributed by atoms with E-state index in [9.17, 15) is 0 Å². The number of hydrogen-bond donors (Lipinski definition) is 0. The van der Waals surface area contributed by atoms with Crippen LogP contribution in [0, 0.1) is 0 Å². The van der Waals surface area contributed by atoms with Crippen molar-refractivity contribution in [1.29, 1.82) is 0 Å². The summed E-state index contributed by atoms with van der Waals surface area (Å²) in [7, 11) is 0. The van der Waals surface area contributed by atoms with Crippen LogP contribution in [0.15, 0.2) is 237 Å². The molecule has 0 saturated heterocycles. The van der Waals surface area contributed by atoms with Gasteiger partial charge in [-0.2, -0.15) is 0 Å². The minimum Gasteiger partial charge on any atom is -0.309 e. The van der Waals surface area contributed by atoms with E-state index in [2.05, 4.69) is 250 Å². The van der Waals surface area contributed by atoms with Crippen LogP contribution in [0.3, 0.4) is 0 Å². The van der Waals surface area contributed by atoms with Gasteiger partial charge in [0.25, 0.3) is 0 Å². The molecule has 0 aliphatic heterocycles. The maximum absolute atomic E-state index is 2.44. The minimum atomic E-state index is 1.14. The fraction of sp³-hybridized carbons (Fsp3) is 0. The van der Waals surface area contributed by atoms with E-state index in [1.54, 1.807) is 0 Å². The Morgan fingerprint density at radius 2 is 0.524 bits per heavy atom. The maximum Gasteiger partial charge on any atom is 0.0541 e. The molecule has 13 aromatic rings. The number of aromatic nitrogens is 3. The Labute approximate surface area is 364 Å². The van der Waals surface area contributed by atoms with Crippen LogP contribution in [0.25, 0.3) is 116 Å². The highest BCUT2D eigenvalue weighted by molar-refractivity contribution is 6.11. The van der Waals surface area contributed by atoms with Gasteiger partial charge in [0, 0.05) is 49.3 Å². The van der Waals surface area contributed by atoms with E-state index >= 15 is 0 Å². The highest BCUT2D eigenvalue weighted by Gasteiger charge is 2.18. The fourth-order valence-corrected chi connectivity index (χ4v) is 10.2. The maximum atomic E-state index is 2.44. The number of nitrogens with zero attached hydrogens (tertiary/aromatic N) is 3. The normalized spacial score (nSPS) is 11.8. The van der Waals surface area contributed by atoms with Gasteiger partial charge in [0.15, 0.2) is 0 Å². The summed E-state index contributed by atoms with van der Waals surface area (Å²) < 4.78 is 7.21. The van der Waals surface area contributed by atoms with E-state index in [1.165, 1.54) is 93.2 Å². The van der Waals surface area contributed by atoms with Gasteiger partial charge < -0.3 is 13.7 Å². The number of hydrogen-bond acceptors (Lipinski definition) is 0. The Morgan fingerprint density at radius 1 is 0.206 bits per heavy atom. The Hall–Kier alpha value is -8.40. The lowest BCUT2D eigenvalue weighted by molar-refractivity contribution is 1.17. The Kier molecular flexibility index (Phi) is 7.91. The van der Waals surface area contributed by atoms with Crippen molar-refractivity contribution in [3.05, 3.63) is 237 Å². The van der Waals surface area contributed by atoms with Crippen molar-refractivity contribution in [1.82, 2.24) is 13.7 Å². The molecule has 0 spiro atoms. The van der Waals surface area contributed by atoms with E-state index in [0.717, 1.165) is 22.6 Å². The van der Waals surface area contributed by atoms with Crippen LogP contribution in [-0.4, -0.2) is 13.7 Å². The predicted molar refractivity (Wildman–Crippen MR) is 266 cm³/mol. The van der Waals surface area contributed by atoms with Gasteiger partial charge in [-0.25, -0.2) is 0 Å². The van der Waals surface area contributed by atoms with Crippen molar-refractivity contribution >= 4 is 65.4 Å². The number of rotatable bonds is 6. The average molecular weight is 802 g/mol. The van der Waals surface area contributed by atoms with Crippen LogP contribution in [0.5, 0.6) is 0 Å². The molecule has 13 rings (SSSR count). The SMILES string of the molecule is c1cc(-c2ccc(-n3c4ccccc4c4ccccc43)cc2)cc(-c2ccc(-n3c4ccccc4c4ccccc43)c(-c3ccc(-n4c5ccccc5c5ccccc54)cc3)c2)c1. The topological polar surface area (TPSA) is 14.8 Å². The third kappa shape index (κ3) is 5.53. The smallest absolute Gasteiger partial charge is 0.0541 e. The van der Waals surface area contributed by atoms with E-state index < -0.39 is 0 Å². The van der Waals surface area contributed by atoms with Crippen LogP contribution >= 0.6 is 0 Å². The first kappa shape index (κ1) is 35.4. The Morgan fingerprint density at radius 3 is 0.937 bits per heavy atom. The third-order valence-corrected chi connectivity index (χ3v) is 13.1. The van der Waals surface area contributed by atoms with Crippen LogP contribution in [-0.2, 0) is 0 Å². The van der Waals surface area contributed by atoms with Crippen LogP contribution < -0.4 is 0 Å². The summed E-state index contributed by atoms with van der Waals surface area (Å²) in [5.74, 6) is 0. The predicted octanol–water partition coefficient (Wildman–Crippen LogP) is 16.0. The molecule has 0 unspecified atom stereocenters. The lowest BCUT2D eigenvalue weighted by Gasteiger charge is -2.17. The number of para-hydroxylation sites is 6. The van der Waals surface area contributed by atoms with Crippen LogP contribution in [0.2, 0.25) is 0 Å².